The monoisotopic (exact) mass is 706 g/mol. The summed E-state index contributed by atoms with van der Waals surface area (Å²) in [6.45, 7) is 18.4. The first-order valence-corrected chi connectivity index (χ1v) is 18.4. The molecular formula is C41H62N4S3. The Morgan fingerprint density at radius 2 is 0.729 bits per heavy atom. The number of benzene rings is 3. The van der Waals surface area contributed by atoms with Crippen molar-refractivity contribution in [1.29, 1.82) is 0 Å². The Kier molecular flexibility index (Phi) is 40.1. The lowest BCUT2D eigenvalue weighted by Gasteiger charge is -1.88. The molecule has 7 heteroatoms. The maximum atomic E-state index is 4.90. The molecule has 4 N–H and O–H groups in total. The molecule has 0 radical (unpaired) electrons. The molecular weight excluding hydrogens is 645 g/mol. The summed E-state index contributed by atoms with van der Waals surface area (Å²) in [4.78, 5) is 7.78. The Balaban J connectivity index is -0.000000492. The summed E-state index contributed by atoms with van der Waals surface area (Å²) in [6, 6.07) is 36.0. The highest BCUT2D eigenvalue weighted by Crippen LogP contribution is 2.11. The largest absolute Gasteiger partial charge is 0.356 e. The number of aryl methyl sites for hydroxylation is 1. The molecule has 4 nitrogen and oxygen atoms in total. The van der Waals surface area contributed by atoms with Crippen molar-refractivity contribution in [1.82, 2.24) is 20.6 Å². The molecule has 0 amide bonds. The average molecular weight is 707 g/mol. The molecule has 0 fully saturated rings. The van der Waals surface area contributed by atoms with E-state index in [-0.39, 0.29) is 0 Å². The minimum atomic E-state index is 0.710. The molecule has 6 rings (SSSR count). The van der Waals surface area contributed by atoms with Crippen LogP contribution in [0.15, 0.2) is 139 Å². The van der Waals surface area contributed by atoms with Crippen LogP contribution in [0, 0.1) is 4.77 Å². The molecule has 0 saturated heterocycles. The van der Waals surface area contributed by atoms with Crippen molar-refractivity contribution in [2.45, 2.75) is 94.4 Å². The summed E-state index contributed by atoms with van der Waals surface area (Å²) in [6.07, 6.45) is 11.1. The van der Waals surface area contributed by atoms with Gasteiger partial charge in [-0.2, -0.15) is 0 Å². The van der Waals surface area contributed by atoms with Crippen LogP contribution in [0.5, 0.6) is 0 Å². The number of H-pyrrole nitrogens is 2. The van der Waals surface area contributed by atoms with Crippen LogP contribution >= 0.6 is 36.7 Å². The minimum absolute atomic E-state index is 0.710. The molecule has 3 aromatic carbocycles. The second-order valence-electron chi connectivity index (χ2n) is 8.89. The van der Waals surface area contributed by atoms with E-state index < -0.39 is 0 Å². The molecule has 48 heavy (non-hydrogen) atoms. The molecule has 2 aliphatic rings. The summed E-state index contributed by atoms with van der Waals surface area (Å²) in [5, 5.41) is 5.98. The lowest BCUT2D eigenvalue weighted by atomic mass is 10.2. The van der Waals surface area contributed by atoms with Gasteiger partial charge in [-0.1, -0.05) is 196 Å². The van der Waals surface area contributed by atoms with E-state index in [9.17, 15) is 0 Å². The van der Waals surface area contributed by atoms with E-state index in [4.69, 9.17) is 36.7 Å². The van der Waals surface area contributed by atoms with Gasteiger partial charge in [0.2, 0.25) is 0 Å². The number of rotatable bonds is 3. The number of thiocarbonyl (C=S) groups is 2. The van der Waals surface area contributed by atoms with Gasteiger partial charge in [0.05, 0.1) is 9.98 Å². The van der Waals surface area contributed by atoms with Crippen LogP contribution < -0.4 is 10.6 Å². The number of imidazole rings is 1. The number of hydrogen-bond acceptors (Lipinski definition) is 3. The number of aromatic amines is 2. The lowest BCUT2D eigenvalue weighted by Crippen LogP contribution is -2.05. The van der Waals surface area contributed by atoms with E-state index >= 15 is 0 Å². The van der Waals surface area contributed by atoms with Crippen molar-refractivity contribution in [3.05, 3.63) is 149 Å². The summed E-state index contributed by atoms with van der Waals surface area (Å²) < 4.78 is 0.710. The smallest absolute Gasteiger partial charge is 0.174 e. The van der Waals surface area contributed by atoms with Gasteiger partial charge < -0.3 is 20.6 Å². The molecule has 3 heterocycles. The van der Waals surface area contributed by atoms with E-state index in [1.54, 1.807) is 0 Å². The fourth-order valence-corrected chi connectivity index (χ4v) is 3.83. The van der Waals surface area contributed by atoms with Crippen LogP contribution in [0.25, 0.3) is 0 Å². The Morgan fingerprint density at radius 1 is 0.458 bits per heavy atom. The van der Waals surface area contributed by atoms with Gasteiger partial charge in [0, 0.05) is 37.1 Å². The SMILES string of the molecule is CC.CC.CC.CCC1=CNC(=S)C1.CCC1=CNC(=S)C1.CCc1c[nH]c(=S)[nH]1.c1ccccc1.c1ccccc1.c1ccccc1. The summed E-state index contributed by atoms with van der Waals surface area (Å²) in [7, 11) is 0. The number of aromatic nitrogens is 2. The maximum absolute atomic E-state index is 4.90. The van der Waals surface area contributed by atoms with E-state index in [1.165, 1.54) is 11.1 Å². The minimum Gasteiger partial charge on any atom is -0.356 e. The van der Waals surface area contributed by atoms with Crippen molar-refractivity contribution in [2.24, 2.45) is 0 Å². The quantitative estimate of drug-likeness (QED) is 0.160. The second-order valence-corrected chi connectivity index (χ2v) is 10.3. The van der Waals surface area contributed by atoms with Gasteiger partial charge in [-0.25, -0.2) is 0 Å². The van der Waals surface area contributed by atoms with Crippen LogP contribution in [0.2, 0.25) is 0 Å². The third kappa shape index (κ3) is 32.3. The van der Waals surface area contributed by atoms with Gasteiger partial charge in [-0.3, -0.25) is 0 Å². The van der Waals surface area contributed by atoms with Crippen LogP contribution in [-0.2, 0) is 6.42 Å². The molecule has 0 unspecified atom stereocenters. The van der Waals surface area contributed by atoms with Crippen LogP contribution in [0.3, 0.4) is 0 Å². The highest BCUT2D eigenvalue weighted by atomic mass is 32.1. The van der Waals surface area contributed by atoms with E-state index in [1.807, 2.05) is 169 Å². The molecule has 264 valence electrons. The highest BCUT2D eigenvalue weighted by molar-refractivity contribution is 7.80. The predicted molar refractivity (Wildman–Crippen MR) is 226 cm³/mol. The van der Waals surface area contributed by atoms with Crippen molar-refractivity contribution >= 4 is 46.6 Å². The fraction of sp³-hybridized carbons (Fsp3) is 0.341. The van der Waals surface area contributed by atoms with E-state index in [0.717, 1.165) is 47.8 Å². The van der Waals surface area contributed by atoms with Crippen molar-refractivity contribution < 1.29 is 0 Å². The summed E-state index contributed by atoms with van der Waals surface area (Å²) >= 11 is 14.6. The zero-order chi connectivity index (χ0) is 36.7. The van der Waals surface area contributed by atoms with Gasteiger partial charge in [0.25, 0.3) is 0 Å². The van der Waals surface area contributed by atoms with Gasteiger partial charge in [-0.15, -0.1) is 0 Å². The van der Waals surface area contributed by atoms with Gasteiger partial charge in [0.15, 0.2) is 4.77 Å². The van der Waals surface area contributed by atoms with Crippen LogP contribution in [-0.4, -0.2) is 19.9 Å². The Morgan fingerprint density at radius 3 is 0.833 bits per heavy atom. The van der Waals surface area contributed by atoms with Crippen LogP contribution in [0.4, 0.5) is 0 Å². The first-order valence-electron chi connectivity index (χ1n) is 17.2. The Labute approximate surface area is 309 Å². The third-order valence-electron chi connectivity index (χ3n) is 5.59. The molecule has 0 aliphatic carbocycles. The van der Waals surface area contributed by atoms with Gasteiger partial charge in [-0.05, 0) is 42.6 Å². The number of nitrogens with one attached hydrogen (secondary N) is 4. The molecule has 1 aromatic heterocycles. The molecule has 2 aliphatic heterocycles. The first-order chi connectivity index (χ1) is 23.5. The Bertz CT molecular complexity index is 1140. The van der Waals surface area contributed by atoms with E-state index in [2.05, 4.69) is 41.4 Å². The summed E-state index contributed by atoms with van der Waals surface area (Å²) in [5.74, 6) is 0. The van der Waals surface area contributed by atoms with Gasteiger partial charge >= 0.3 is 0 Å². The Hall–Kier alpha value is -3.65. The van der Waals surface area contributed by atoms with Crippen molar-refractivity contribution in [2.75, 3.05) is 0 Å². The van der Waals surface area contributed by atoms with Crippen LogP contribution in [0.1, 0.15) is 93.7 Å². The lowest BCUT2D eigenvalue weighted by molar-refractivity contribution is 1.06. The second kappa shape index (κ2) is 39.5. The molecule has 0 saturated carbocycles. The third-order valence-corrected chi connectivity index (χ3v) is 6.33. The average Bonchev–Trinajstić information content (AvgIpc) is 3.95. The number of hydrogen-bond donors (Lipinski definition) is 4. The van der Waals surface area contributed by atoms with Gasteiger partial charge in [0.1, 0.15) is 0 Å². The standard InChI is InChI=1S/2C6H9NS.3C6H6.C5H8N2S.3C2H6/c2*1-2-5-3-6(8)7-4-5;3*1-2-4-6-5-3-1;1-2-4-3-6-5(8)7-4;3*1-2/h2*4H,2-3H2,1H3,(H,7,8);3*1-6H;3H,2H2,1H3,(H2,6,7,8);3*1-2H3. The van der Waals surface area contributed by atoms with Crippen molar-refractivity contribution in [3.8, 4) is 0 Å². The predicted octanol–water partition coefficient (Wildman–Crippen LogP) is 13.0. The normalized spacial score (nSPS) is 11.0. The first kappa shape index (κ1) is 48.7. The molecule has 0 atom stereocenters. The maximum Gasteiger partial charge on any atom is 0.174 e. The molecule has 4 aromatic rings. The molecule has 0 spiro atoms. The zero-order valence-corrected chi connectivity index (χ0v) is 33.3. The fourth-order valence-electron chi connectivity index (χ4n) is 3.15. The molecule has 0 bridgehead atoms. The topological polar surface area (TPSA) is 55.6 Å². The highest BCUT2D eigenvalue weighted by Gasteiger charge is 2.05. The summed E-state index contributed by atoms with van der Waals surface area (Å²) in [5.41, 5.74) is 3.99. The van der Waals surface area contributed by atoms with Crippen molar-refractivity contribution in [3.63, 3.8) is 0 Å². The van der Waals surface area contributed by atoms with E-state index in [0.29, 0.717) is 4.77 Å². The zero-order valence-electron chi connectivity index (χ0n) is 30.9.